The van der Waals surface area contributed by atoms with Gasteiger partial charge in [0.1, 0.15) is 5.75 Å². The van der Waals surface area contributed by atoms with Crippen LogP contribution in [0, 0.1) is 0 Å². The normalized spacial score (nSPS) is 13.2. The summed E-state index contributed by atoms with van der Waals surface area (Å²) in [6.07, 6.45) is 5.50. The Bertz CT molecular complexity index is 1800. The van der Waals surface area contributed by atoms with Gasteiger partial charge < -0.3 is 15.4 Å². The maximum Gasteiger partial charge on any atom is 0.416 e. The molecule has 0 saturated carbocycles. The summed E-state index contributed by atoms with van der Waals surface area (Å²) in [5.41, 5.74) is 0.754. The highest BCUT2D eigenvalue weighted by Gasteiger charge is 2.31. The average Bonchev–Trinajstić information content (AvgIpc) is 3.67. The SMILES string of the molecule is O=C(Nc1cnc(Oc2ccc(-c3cnc(N4CCCC4=O)s3)nc2)nc1)Nc1cc(C(F)(F)F)ccc1-c1cccnc1. The zero-order valence-corrected chi connectivity index (χ0v) is 23.4. The summed E-state index contributed by atoms with van der Waals surface area (Å²) in [5, 5.41) is 5.61. The summed E-state index contributed by atoms with van der Waals surface area (Å²) in [6, 6.07) is 8.98. The second-order valence-electron chi connectivity index (χ2n) is 9.47. The lowest BCUT2D eigenvalue weighted by Crippen LogP contribution is -2.23. The molecular formula is C29H21F3N8O3S. The topological polar surface area (TPSA) is 135 Å². The number of thiazole rings is 1. The summed E-state index contributed by atoms with van der Waals surface area (Å²) in [5.74, 6) is 0.425. The van der Waals surface area contributed by atoms with Gasteiger partial charge in [-0.1, -0.05) is 23.5 Å². The van der Waals surface area contributed by atoms with E-state index in [2.05, 4.69) is 35.6 Å². The first kappa shape index (κ1) is 28.7. The zero-order valence-electron chi connectivity index (χ0n) is 22.6. The second-order valence-corrected chi connectivity index (χ2v) is 10.5. The molecule has 4 aromatic heterocycles. The molecule has 0 unspecified atom stereocenters. The van der Waals surface area contributed by atoms with Gasteiger partial charge in [-0.25, -0.2) is 19.7 Å². The number of pyridine rings is 2. The third kappa shape index (κ3) is 6.47. The van der Waals surface area contributed by atoms with Crippen LogP contribution >= 0.6 is 11.3 Å². The third-order valence-corrected chi connectivity index (χ3v) is 7.49. The number of urea groups is 1. The van der Waals surface area contributed by atoms with Crippen molar-refractivity contribution in [3.05, 3.63) is 85.2 Å². The molecule has 0 radical (unpaired) electrons. The quantitative estimate of drug-likeness (QED) is 0.207. The van der Waals surface area contributed by atoms with Gasteiger partial charge in [0.25, 0.3) is 0 Å². The summed E-state index contributed by atoms with van der Waals surface area (Å²) >= 11 is 1.38. The Labute approximate surface area is 251 Å². The minimum Gasteiger partial charge on any atom is -0.423 e. The maximum atomic E-state index is 13.4. The monoisotopic (exact) mass is 618 g/mol. The number of aromatic nitrogens is 5. The molecule has 2 N–H and O–H groups in total. The number of rotatable bonds is 7. The molecule has 1 aliphatic rings. The van der Waals surface area contributed by atoms with E-state index >= 15 is 0 Å². The Morgan fingerprint density at radius 2 is 1.80 bits per heavy atom. The molecule has 1 fully saturated rings. The highest BCUT2D eigenvalue weighted by molar-refractivity contribution is 7.19. The van der Waals surface area contributed by atoms with Gasteiger partial charge in [0, 0.05) is 42.7 Å². The van der Waals surface area contributed by atoms with Crippen molar-refractivity contribution in [1.29, 1.82) is 0 Å². The fraction of sp³-hybridized carbons (Fsp3) is 0.138. The molecule has 0 bridgehead atoms. The van der Waals surface area contributed by atoms with Gasteiger partial charge in [0.05, 0.1) is 46.1 Å². The second kappa shape index (κ2) is 12.0. The standard InChI is InChI=1S/C29H21F3N8O3S/c30-29(31,32)18-5-7-21(17-3-1-9-33-12-17)23(11-18)39-26(42)38-19-13-35-27(36-14-19)43-20-6-8-22(34-15-20)24-16-37-28(44-24)40-10-2-4-25(40)41/h1,3,5-9,11-16H,2,4,10H2,(H2,38,39,42). The number of halogens is 3. The van der Waals surface area contributed by atoms with E-state index < -0.39 is 17.8 Å². The van der Waals surface area contributed by atoms with Crippen LogP contribution in [0.5, 0.6) is 11.8 Å². The van der Waals surface area contributed by atoms with Crippen LogP contribution in [0.2, 0.25) is 0 Å². The number of nitrogens with one attached hydrogen (secondary N) is 2. The lowest BCUT2D eigenvalue weighted by Gasteiger charge is -2.15. The number of nitrogens with zero attached hydrogens (tertiary/aromatic N) is 6. The number of carbonyl (C=O) groups is 2. The van der Waals surface area contributed by atoms with E-state index in [0.717, 1.165) is 23.4 Å². The van der Waals surface area contributed by atoms with Crippen LogP contribution in [0.3, 0.4) is 0 Å². The number of hydrogen-bond acceptors (Lipinski definition) is 9. The van der Waals surface area contributed by atoms with E-state index in [0.29, 0.717) is 40.7 Å². The maximum absolute atomic E-state index is 13.4. The Morgan fingerprint density at radius 3 is 2.48 bits per heavy atom. The zero-order chi connectivity index (χ0) is 30.7. The van der Waals surface area contributed by atoms with Gasteiger partial charge in [-0.15, -0.1) is 0 Å². The molecule has 0 atom stereocenters. The van der Waals surface area contributed by atoms with Crippen molar-refractivity contribution in [2.24, 2.45) is 0 Å². The highest BCUT2D eigenvalue weighted by Crippen LogP contribution is 2.36. The van der Waals surface area contributed by atoms with E-state index in [4.69, 9.17) is 4.74 Å². The lowest BCUT2D eigenvalue weighted by atomic mass is 10.0. The van der Waals surface area contributed by atoms with Crippen molar-refractivity contribution in [3.8, 4) is 33.5 Å². The Morgan fingerprint density at radius 1 is 0.955 bits per heavy atom. The van der Waals surface area contributed by atoms with Crippen LogP contribution in [-0.2, 0) is 11.0 Å². The molecule has 1 saturated heterocycles. The Balaban J connectivity index is 1.09. The molecule has 3 amide bonds. The summed E-state index contributed by atoms with van der Waals surface area (Å²) in [6.45, 7) is 0.661. The van der Waals surface area contributed by atoms with E-state index in [1.807, 2.05) is 0 Å². The van der Waals surface area contributed by atoms with Crippen molar-refractivity contribution in [2.45, 2.75) is 19.0 Å². The van der Waals surface area contributed by atoms with Crippen molar-refractivity contribution in [3.63, 3.8) is 0 Å². The van der Waals surface area contributed by atoms with Gasteiger partial charge >= 0.3 is 18.2 Å². The van der Waals surface area contributed by atoms with Crippen molar-refractivity contribution in [2.75, 3.05) is 22.1 Å². The summed E-state index contributed by atoms with van der Waals surface area (Å²) in [7, 11) is 0. The van der Waals surface area contributed by atoms with Crippen LogP contribution in [0.15, 0.2) is 79.6 Å². The molecule has 6 rings (SSSR count). The average molecular weight is 619 g/mol. The smallest absolute Gasteiger partial charge is 0.416 e. The van der Waals surface area contributed by atoms with E-state index in [1.165, 1.54) is 48.4 Å². The van der Waals surface area contributed by atoms with Gasteiger partial charge in [-0.3, -0.25) is 19.7 Å². The number of amides is 3. The first-order chi connectivity index (χ1) is 21.2. The fourth-order valence-corrected chi connectivity index (χ4v) is 5.30. The summed E-state index contributed by atoms with van der Waals surface area (Å²) < 4.78 is 45.7. The predicted octanol–water partition coefficient (Wildman–Crippen LogP) is 6.64. The molecular weight excluding hydrogens is 597 g/mol. The number of carbonyl (C=O) groups excluding carboxylic acids is 2. The van der Waals surface area contributed by atoms with Gasteiger partial charge in [0.15, 0.2) is 5.13 Å². The fourth-order valence-electron chi connectivity index (χ4n) is 4.37. The molecule has 44 heavy (non-hydrogen) atoms. The first-order valence-electron chi connectivity index (χ1n) is 13.1. The van der Waals surface area contributed by atoms with E-state index in [-0.39, 0.29) is 23.3 Å². The van der Waals surface area contributed by atoms with Gasteiger partial charge in [-0.2, -0.15) is 13.2 Å². The van der Waals surface area contributed by atoms with Gasteiger partial charge in [-0.05, 0) is 36.8 Å². The largest absolute Gasteiger partial charge is 0.423 e. The summed E-state index contributed by atoms with van der Waals surface area (Å²) in [4.78, 5) is 48.1. The number of hydrogen-bond donors (Lipinski definition) is 2. The molecule has 0 aliphatic carbocycles. The number of alkyl halides is 3. The molecule has 5 heterocycles. The number of anilines is 3. The van der Waals surface area contributed by atoms with Crippen LogP contribution < -0.4 is 20.3 Å². The lowest BCUT2D eigenvalue weighted by molar-refractivity contribution is -0.137. The van der Waals surface area contributed by atoms with Crippen molar-refractivity contribution >= 4 is 39.8 Å². The molecule has 5 aromatic rings. The van der Waals surface area contributed by atoms with Crippen LogP contribution in [-0.4, -0.2) is 43.4 Å². The first-order valence-corrected chi connectivity index (χ1v) is 14.0. The number of benzene rings is 1. The van der Waals surface area contributed by atoms with Crippen LogP contribution in [0.1, 0.15) is 18.4 Å². The van der Waals surface area contributed by atoms with E-state index in [1.54, 1.807) is 35.4 Å². The molecule has 0 spiro atoms. The minimum absolute atomic E-state index is 0.0186. The predicted molar refractivity (Wildman–Crippen MR) is 156 cm³/mol. The molecule has 11 nitrogen and oxygen atoms in total. The van der Waals surface area contributed by atoms with Crippen LogP contribution in [0.25, 0.3) is 21.7 Å². The molecule has 15 heteroatoms. The van der Waals surface area contributed by atoms with Crippen LogP contribution in [0.4, 0.5) is 34.5 Å². The highest BCUT2D eigenvalue weighted by atomic mass is 32.1. The van der Waals surface area contributed by atoms with E-state index in [9.17, 15) is 22.8 Å². The van der Waals surface area contributed by atoms with Gasteiger partial charge in [0.2, 0.25) is 5.91 Å². The Hall–Kier alpha value is -5.44. The molecule has 1 aliphatic heterocycles. The van der Waals surface area contributed by atoms with Crippen molar-refractivity contribution in [1.82, 2.24) is 24.9 Å². The number of ether oxygens (including phenoxy) is 1. The van der Waals surface area contributed by atoms with Crippen molar-refractivity contribution < 1.29 is 27.5 Å². The molecule has 1 aromatic carbocycles. The molecule has 222 valence electrons. The minimum atomic E-state index is -4.60. The Kier molecular flexibility index (Phi) is 7.85. The third-order valence-electron chi connectivity index (χ3n) is 6.45.